The smallest absolute Gasteiger partial charge is 0.141 e. The van der Waals surface area contributed by atoms with Crippen LogP contribution in [0.3, 0.4) is 0 Å². The number of benzene rings is 2. The molecule has 1 aromatic heterocycles. The molecule has 1 aliphatic carbocycles. The van der Waals surface area contributed by atoms with Crippen molar-refractivity contribution in [1.29, 1.82) is 5.41 Å². The maximum Gasteiger partial charge on any atom is 0.141 e. The van der Waals surface area contributed by atoms with Crippen LogP contribution in [-0.4, -0.2) is 28.3 Å². The second kappa shape index (κ2) is 8.95. The fraction of sp³-hybridized carbons (Fsp3) is 0.208. The summed E-state index contributed by atoms with van der Waals surface area (Å²) >= 11 is 0. The molecular weight excluding hydrogens is 393 g/mol. The summed E-state index contributed by atoms with van der Waals surface area (Å²) in [5.74, 6) is 0.444. The zero-order valence-electron chi connectivity index (χ0n) is 17.1. The molecule has 31 heavy (non-hydrogen) atoms. The number of anilines is 2. The minimum Gasteiger partial charge on any atom is -0.489 e. The summed E-state index contributed by atoms with van der Waals surface area (Å²) in [4.78, 5) is 8.41. The second-order valence-electron chi connectivity index (χ2n) is 7.49. The van der Waals surface area contributed by atoms with E-state index in [0.717, 1.165) is 19.3 Å². The van der Waals surface area contributed by atoms with Gasteiger partial charge in [-0.3, -0.25) is 5.41 Å². The van der Waals surface area contributed by atoms with Gasteiger partial charge in [0.1, 0.15) is 36.1 Å². The van der Waals surface area contributed by atoms with Crippen molar-refractivity contribution in [1.82, 2.24) is 9.97 Å². The lowest BCUT2D eigenvalue weighted by Gasteiger charge is -2.27. The monoisotopic (exact) mass is 417 g/mol. The number of halogens is 1. The molecule has 2 aromatic carbocycles. The molecule has 7 heteroatoms. The van der Waals surface area contributed by atoms with Gasteiger partial charge in [0.2, 0.25) is 0 Å². The zero-order valence-corrected chi connectivity index (χ0v) is 17.1. The Hall–Kier alpha value is -3.74. The number of nitrogens with one attached hydrogen (secondary N) is 2. The third-order valence-corrected chi connectivity index (χ3v) is 5.34. The summed E-state index contributed by atoms with van der Waals surface area (Å²) in [7, 11) is 0. The molecule has 0 saturated carbocycles. The van der Waals surface area contributed by atoms with E-state index in [2.05, 4.69) is 40.1 Å². The zero-order chi connectivity index (χ0) is 21.8. The van der Waals surface area contributed by atoms with Crippen molar-refractivity contribution >= 4 is 17.3 Å². The predicted molar refractivity (Wildman–Crippen MR) is 120 cm³/mol. The fourth-order valence-electron chi connectivity index (χ4n) is 3.86. The number of nitrogen functional groups attached to an aromatic ring is 1. The van der Waals surface area contributed by atoms with Crippen molar-refractivity contribution in [2.24, 2.45) is 0 Å². The molecule has 0 saturated heterocycles. The molecule has 0 radical (unpaired) electrons. The summed E-state index contributed by atoms with van der Waals surface area (Å²) in [6.45, 7) is 3.83. The van der Waals surface area contributed by atoms with Crippen molar-refractivity contribution in [2.75, 3.05) is 17.7 Å². The Morgan fingerprint density at radius 2 is 2.06 bits per heavy atom. The van der Waals surface area contributed by atoms with Crippen LogP contribution in [0.1, 0.15) is 28.7 Å². The summed E-state index contributed by atoms with van der Waals surface area (Å²) < 4.78 is 19.6. The van der Waals surface area contributed by atoms with E-state index >= 15 is 0 Å². The van der Waals surface area contributed by atoms with Gasteiger partial charge >= 0.3 is 0 Å². The van der Waals surface area contributed by atoms with Gasteiger partial charge in [0.15, 0.2) is 0 Å². The molecule has 1 heterocycles. The molecule has 158 valence electrons. The van der Waals surface area contributed by atoms with E-state index in [4.69, 9.17) is 15.9 Å². The molecule has 0 aliphatic heterocycles. The molecular formula is C24H24FN5O. The number of fused-ring (bicyclic) bond motifs is 1. The first-order valence-electron chi connectivity index (χ1n) is 10.1. The summed E-state index contributed by atoms with van der Waals surface area (Å²) in [5, 5.41) is 12.2. The summed E-state index contributed by atoms with van der Waals surface area (Å²) in [6.07, 6.45) is 5.70. The van der Waals surface area contributed by atoms with Crippen molar-refractivity contribution in [2.45, 2.75) is 25.3 Å². The quantitative estimate of drug-likeness (QED) is 0.396. The lowest BCUT2D eigenvalue weighted by atomic mass is 9.88. The van der Waals surface area contributed by atoms with E-state index in [9.17, 15) is 4.39 Å². The Morgan fingerprint density at radius 3 is 2.87 bits per heavy atom. The highest BCUT2D eigenvalue weighted by Crippen LogP contribution is 2.28. The Kier molecular flexibility index (Phi) is 5.93. The van der Waals surface area contributed by atoms with Crippen molar-refractivity contribution in [3.63, 3.8) is 0 Å². The highest BCUT2D eigenvalue weighted by Gasteiger charge is 2.23. The van der Waals surface area contributed by atoms with Gasteiger partial charge in [0.25, 0.3) is 0 Å². The lowest BCUT2D eigenvalue weighted by molar-refractivity contribution is 0.361. The first-order valence-corrected chi connectivity index (χ1v) is 10.1. The number of hydrogen-bond acceptors (Lipinski definition) is 6. The van der Waals surface area contributed by atoms with Crippen molar-refractivity contribution in [3.05, 3.63) is 89.5 Å². The second-order valence-corrected chi connectivity index (χ2v) is 7.49. The number of rotatable bonds is 7. The lowest BCUT2D eigenvalue weighted by Crippen LogP contribution is -2.29. The molecule has 0 bridgehead atoms. The number of ether oxygens (including phenoxy) is 1. The topological polar surface area (TPSA) is 96.9 Å². The van der Waals surface area contributed by atoms with Crippen LogP contribution >= 0.6 is 0 Å². The van der Waals surface area contributed by atoms with Crippen LogP contribution in [0.2, 0.25) is 0 Å². The average Bonchev–Trinajstić information content (AvgIpc) is 2.77. The average molecular weight is 417 g/mol. The first-order chi connectivity index (χ1) is 15.0. The molecule has 1 atom stereocenters. The molecule has 3 aromatic rings. The number of aromatic nitrogens is 2. The number of nitrogens with two attached hydrogens (primary N) is 1. The van der Waals surface area contributed by atoms with E-state index in [-0.39, 0.29) is 24.2 Å². The van der Waals surface area contributed by atoms with Crippen LogP contribution in [-0.2, 0) is 12.8 Å². The molecule has 4 rings (SSSR count). The fourth-order valence-corrected chi connectivity index (χ4v) is 3.86. The number of nitrogens with zero attached hydrogens (tertiary/aromatic N) is 2. The largest absolute Gasteiger partial charge is 0.489 e. The van der Waals surface area contributed by atoms with Gasteiger partial charge in [0, 0.05) is 17.7 Å². The van der Waals surface area contributed by atoms with E-state index in [0.29, 0.717) is 22.7 Å². The van der Waals surface area contributed by atoms with Crippen molar-refractivity contribution < 1.29 is 9.13 Å². The number of aryl methyl sites for hydroxylation is 1. The Morgan fingerprint density at radius 1 is 1.26 bits per heavy atom. The van der Waals surface area contributed by atoms with E-state index in [1.807, 2.05) is 6.07 Å². The minimum absolute atomic E-state index is 0.0276. The highest BCUT2D eigenvalue weighted by atomic mass is 19.1. The SMILES string of the molecule is C=CCOc1cc(F)cc(C(=N)c2c(N)ncnc2NC2CCc3ccccc3C2)c1. The standard InChI is InChI=1S/C24H24FN5O/c1-2-9-31-20-12-17(10-18(25)13-20)22(26)21-23(27)28-14-29-24(21)30-19-8-7-15-5-3-4-6-16(15)11-19/h2-6,10,12-14,19,26H,1,7-9,11H2,(H3,27,28,29,30). The summed E-state index contributed by atoms with van der Waals surface area (Å²) in [5.41, 5.74) is 9.50. The van der Waals surface area contributed by atoms with E-state index < -0.39 is 5.82 Å². The molecule has 1 aliphatic rings. The molecule has 0 spiro atoms. The van der Waals surface area contributed by atoms with Crippen LogP contribution in [0.15, 0.2) is 61.4 Å². The van der Waals surface area contributed by atoms with Gasteiger partial charge in [-0.1, -0.05) is 36.9 Å². The minimum atomic E-state index is -0.505. The molecule has 0 amide bonds. The molecule has 1 unspecified atom stereocenters. The third kappa shape index (κ3) is 4.55. The van der Waals surface area contributed by atoms with E-state index in [1.54, 1.807) is 12.1 Å². The maximum atomic E-state index is 14.2. The van der Waals surface area contributed by atoms with Gasteiger partial charge < -0.3 is 15.8 Å². The summed E-state index contributed by atoms with van der Waals surface area (Å²) in [6, 6.07) is 12.7. The van der Waals surface area contributed by atoms with E-state index in [1.165, 1.54) is 29.6 Å². The van der Waals surface area contributed by atoms with Crippen LogP contribution < -0.4 is 15.8 Å². The Bertz CT molecular complexity index is 1130. The van der Waals surface area contributed by atoms with Crippen LogP contribution in [0.25, 0.3) is 0 Å². The van der Waals surface area contributed by atoms with Crippen molar-refractivity contribution in [3.8, 4) is 5.75 Å². The van der Waals surface area contributed by atoms with Crippen LogP contribution in [0.4, 0.5) is 16.0 Å². The van der Waals surface area contributed by atoms with Crippen LogP contribution in [0.5, 0.6) is 5.75 Å². The first kappa shape index (κ1) is 20.5. The Balaban J connectivity index is 1.62. The predicted octanol–water partition coefficient (Wildman–Crippen LogP) is 4.15. The third-order valence-electron chi connectivity index (χ3n) is 5.34. The van der Waals surface area contributed by atoms with Crippen LogP contribution in [0, 0.1) is 11.2 Å². The van der Waals surface area contributed by atoms with Gasteiger partial charge in [-0.2, -0.15) is 0 Å². The van der Waals surface area contributed by atoms with Gasteiger partial charge in [-0.05, 0) is 42.5 Å². The number of hydrogen-bond donors (Lipinski definition) is 3. The highest BCUT2D eigenvalue weighted by molar-refractivity contribution is 6.16. The van der Waals surface area contributed by atoms with Gasteiger partial charge in [0.05, 0.1) is 11.3 Å². The Labute approximate surface area is 180 Å². The van der Waals surface area contributed by atoms with Gasteiger partial charge in [-0.15, -0.1) is 0 Å². The van der Waals surface area contributed by atoms with Gasteiger partial charge in [-0.25, -0.2) is 14.4 Å². The molecule has 6 nitrogen and oxygen atoms in total. The molecule has 0 fully saturated rings. The normalized spacial score (nSPS) is 15.1. The maximum absolute atomic E-state index is 14.2. The molecule has 4 N–H and O–H groups in total.